The number of hydrogen-bond acceptors (Lipinski definition) is 8. The molecule has 0 aliphatic heterocycles. The Morgan fingerprint density at radius 1 is 0.417 bits per heavy atom. The van der Waals surface area contributed by atoms with E-state index in [9.17, 15) is 0 Å². The lowest BCUT2D eigenvalue weighted by molar-refractivity contribution is 1.30. The summed E-state index contributed by atoms with van der Waals surface area (Å²) in [5.74, 6) is 1.84. The molecular weight excluding hydrogens is 304 g/mol. The number of nitrogens with zero attached hydrogens (tertiary/aromatic N) is 4. The number of pyridine rings is 4. The fraction of sp³-hybridized carbons (Fsp3) is 0. The summed E-state index contributed by atoms with van der Waals surface area (Å²) >= 11 is 0. The summed E-state index contributed by atoms with van der Waals surface area (Å²) in [4.78, 5) is 16.1. The van der Waals surface area contributed by atoms with Crippen LogP contribution in [0, 0.1) is 0 Å². The number of aromatic nitrogens is 4. The summed E-state index contributed by atoms with van der Waals surface area (Å²) in [6, 6.07) is 14.4. The summed E-state index contributed by atoms with van der Waals surface area (Å²) in [6.45, 7) is 0. The van der Waals surface area contributed by atoms with Crippen molar-refractivity contribution in [2.24, 2.45) is 0 Å². The smallest absolute Gasteiger partial charge is 0.163 e. The minimum atomic E-state index is 0.459. The maximum atomic E-state index is 5.48. The molecule has 8 nitrogen and oxygen atoms in total. The first-order valence-electron chi connectivity index (χ1n) is 7.09. The third-order valence-corrected chi connectivity index (χ3v) is 3.19. The molecule has 4 rings (SSSR count). The van der Waals surface area contributed by atoms with Gasteiger partial charge in [0.25, 0.3) is 0 Å². The summed E-state index contributed by atoms with van der Waals surface area (Å²) in [6.07, 6.45) is 0. The van der Waals surface area contributed by atoms with Gasteiger partial charge in [-0.25, -0.2) is 19.9 Å². The predicted octanol–water partition coefficient (Wildman–Crippen LogP) is 1.59. The van der Waals surface area contributed by atoms with Crippen molar-refractivity contribution >= 4 is 45.3 Å². The summed E-state index contributed by atoms with van der Waals surface area (Å²) in [5.41, 5.74) is 23.1. The van der Waals surface area contributed by atoms with E-state index in [2.05, 4.69) is 19.9 Å². The second-order valence-electron chi connectivity index (χ2n) is 5.04. The van der Waals surface area contributed by atoms with Gasteiger partial charge in [-0.15, -0.1) is 0 Å². The molecule has 0 radical (unpaired) electrons. The molecule has 4 heterocycles. The van der Waals surface area contributed by atoms with Crippen molar-refractivity contribution in [3.63, 3.8) is 0 Å². The molecule has 8 heteroatoms. The first kappa shape index (κ1) is 15.2. The molecule has 0 bridgehead atoms. The molecular formula is C16H16N8. The van der Waals surface area contributed by atoms with Gasteiger partial charge in [0.1, 0.15) is 23.3 Å². The Balaban J connectivity index is 0.000000141. The molecule has 4 aromatic rings. The topological polar surface area (TPSA) is 156 Å². The van der Waals surface area contributed by atoms with Crippen molar-refractivity contribution in [3.8, 4) is 0 Å². The molecule has 0 atom stereocenters. The lowest BCUT2D eigenvalue weighted by atomic mass is 10.3. The molecule has 0 saturated carbocycles. The van der Waals surface area contributed by atoms with E-state index in [4.69, 9.17) is 22.9 Å². The van der Waals surface area contributed by atoms with Crippen LogP contribution in [-0.4, -0.2) is 19.9 Å². The Hall–Kier alpha value is -3.68. The summed E-state index contributed by atoms with van der Waals surface area (Å²) in [5, 5.41) is 1.89. The molecule has 0 spiro atoms. The van der Waals surface area contributed by atoms with Crippen LogP contribution in [0.5, 0.6) is 0 Å². The number of hydrogen-bond donors (Lipinski definition) is 4. The molecule has 0 unspecified atom stereocenters. The van der Waals surface area contributed by atoms with Crippen LogP contribution in [0.2, 0.25) is 0 Å². The van der Waals surface area contributed by atoms with Crippen molar-refractivity contribution in [1.29, 1.82) is 0 Å². The van der Waals surface area contributed by atoms with Crippen LogP contribution in [0.4, 0.5) is 23.3 Å². The van der Waals surface area contributed by atoms with Gasteiger partial charge in [0.2, 0.25) is 0 Å². The van der Waals surface area contributed by atoms with Gasteiger partial charge in [-0.2, -0.15) is 0 Å². The fourth-order valence-electron chi connectivity index (χ4n) is 2.06. The van der Waals surface area contributed by atoms with Gasteiger partial charge in [-0.1, -0.05) is 0 Å². The van der Waals surface area contributed by atoms with Crippen molar-refractivity contribution < 1.29 is 0 Å². The van der Waals surface area contributed by atoms with E-state index < -0.39 is 0 Å². The Morgan fingerprint density at radius 2 is 0.667 bits per heavy atom. The molecule has 4 aromatic heterocycles. The van der Waals surface area contributed by atoms with Gasteiger partial charge in [0.05, 0.1) is 0 Å². The van der Waals surface area contributed by atoms with Gasteiger partial charge >= 0.3 is 0 Å². The second-order valence-corrected chi connectivity index (χ2v) is 5.04. The van der Waals surface area contributed by atoms with Crippen LogP contribution in [0.25, 0.3) is 22.1 Å². The predicted molar refractivity (Wildman–Crippen MR) is 96.7 cm³/mol. The number of fused-ring (bicyclic) bond motifs is 2. The molecule has 8 N–H and O–H groups in total. The number of rotatable bonds is 0. The molecule has 0 fully saturated rings. The van der Waals surface area contributed by atoms with Crippen molar-refractivity contribution in [1.82, 2.24) is 19.9 Å². The summed E-state index contributed by atoms with van der Waals surface area (Å²) in [7, 11) is 0. The zero-order valence-electron chi connectivity index (χ0n) is 12.7. The molecule has 0 aliphatic carbocycles. The van der Waals surface area contributed by atoms with Gasteiger partial charge in [-0.3, -0.25) is 0 Å². The lowest BCUT2D eigenvalue weighted by Crippen LogP contribution is -1.94. The van der Waals surface area contributed by atoms with Crippen LogP contribution in [0.1, 0.15) is 0 Å². The second kappa shape index (κ2) is 6.21. The van der Waals surface area contributed by atoms with Gasteiger partial charge < -0.3 is 22.9 Å². The van der Waals surface area contributed by atoms with Crippen LogP contribution in [0.15, 0.2) is 48.5 Å². The quantitative estimate of drug-likeness (QED) is 0.380. The third-order valence-electron chi connectivity index (χ3n) is 3.19. The van der Waals surface area contributed by atoms with E-state index >= 15 is 0 Å². The Bertz CT molecular complexity index is 858. The van der Waals surface area contributed by atoms with E-state index in [1.165, 1.54) is 0 Å². The van der Waals surface area contributed by atoms with Gasteiger partial charge in [-0.05, 0) is 48.5 Å². The van der Waals surface area contributed by atoms with Crippen molar-refractivity contribution in [2.45, 2.75) is 0 Å². The average molecular weight is 320 g/mol. The van der Waals surface area contributed by atoms with Gasteiger partial charge in [0, 0.05) is 10.8 Å². The Kier molecular flexibility index (Phi) is 3.94. The highest BCUT2D eigenvalue weighted by atomic mass is 15.0. The van der Waals surface area contributed by atoms with Crippen LogP contribution in [0.3, 0.4) is 0 Å². The van der Waals surface area contributed by atoms with E-state index in [0.29, 0.717) is 34.6 Å². The average Bonchev–Trinajstić information content (AvgIpc) is 2.54. The van der Waals surface area contributed by atoms with E-state index in [1.807, 2.05) is 24.3 Å². The first-order chi connectivity index (χ1) is 11.5. The van der Waals surface area contributed by atoms with Crippen LogP contribution < -0.4 is 22.9 Å². The fourth-order valence-corrected chi connectivity index (χ4v) is 2.06. The zero-order chi connectivity index (χ0) is 17.1. The highest BCUT2D eigenvalue weighted by molar-refractivity contribution is 5.78. The van der Waals surface area contributed by atoms with E-state index in [-0.39, 0.29) is 0 Å². The molecule has 0 aliphatic rings. The van der Waals surface area contributed by atoms with E-state index in [0.717, 1.165) is 10.8 Å². The zero-order valence-corrected chi connectivity index (χ0v) is 12.7. The highest BCUT2D eigenvalue weighted by Crippen LogP contribution is 2.13. The standard InChI is InChI=1S/2C8H8N4/c2*9-6-3-1-5-2-4-7(10)12-8(5)11-6/h2*1-4H,(H4,9,10,11,12). The number of nitrogens with two attached hydrogens (primary N) is 4. The Morgan fingerprint density at radius 3 is 0.917 bits per heavy atom. The normalized spacial score (nSPS) is 10.3. The molecule has 0 saturated heterocycles. The maximum absolute atomic E-state index is 5.48. The van der Waals surface area contributed by atoms with Crippen molar-refractivity contribution in [2.75, 3.05) is 22.9 Å². The monoisotopic (exact) mass is 320 g/mol. The SMILES string of the molecule is Nc1ccc2ccc(N)nc2n1.Nc1ccc2ccc(N)nc2n1. The third kappa shape index (κ3) is 3.38. The largest absolute Gasteiger partial charge is 0.384 e. The van der Waals surface area contributed by atoms with Gasteiger partial charge in [0.15, 0.2) is 11.3 Å². The van der Waals surface area contributed by atoms with E-state index in [1.54, 1.807) is 24.3 Å². The summed E-state index contributed by atoms with van der Waals surface area (Å²) < 4.78 is 0. The molecule has 0 aromatic carbocycles. The van der Waals surface area contributed by atoms with Crippen molar-refractivity contribution in [3.05, 3.63) is 48.5 Å². The lowest BCUT2D eigenvalue weighted by Gasteiger charge is -1.97. The molecule has 0 amide bonds. The molecule has 120 valence electrons. The highest BCUT2D eigenvalue weighted by Gasteiger charge is 1.97. The number of anilines is 4. The minimum absolute atomic E-state index is 0.459. The van der Waals surface area contributed by atoms with Crippen LogP contribution in [-0.2, 0) is 0 Å². The minimum Gasteiger partial charge on any atom is -0.384 e. The number of nitrogen functional groups attached to an aromatic ring is 4. The maximum Gasteiger partial charge on any atom is 0.163 e. The molecule has 24 heavy (non-hydrogen) atoms. The Labute approximate surface area is 137 Å². The first-order valence-corrected chi connectivity index (χ1v) is 7.09. The van der Waals surface area contributed by atoms with Crippen LogP contribution >= 0.6 is 0 Å².